The monoisotopic (exact) mass is 551 g/mol. The lowest BCUT2D eigenvalue weighted by Crippen LogP contribution is -2.46. The first-order chi connectivity index (χ1) is 18.3. The van der Waals surface area contributed by atoms with Gasteiger partial charge in [0, 0.05) is 23.5 Å². The van der Waals surface area contributed by atoms with Gasteiger partial charge in [-0.2, -0.15) is 17.6 Å². The molecular formula is C28H26F5NO5. The first-order valence-corrected chi connectivity index (χ1v) is 12.0. The maximum Gasteiger partial charge on any atom is 0.417 e. The predicted molar refractivity (Wildman–Crippen MR) is 130 cm³/mol. The maximum absolute atomic E-state index is 14.7. The summed E-state index contributed by atoms with van der Waals surface area (Å²) in [7, 11) is 1.08. The Morgan fingerprint density at radius 1 is 1.15 bits per heavy atom. The van der Waals surface area contributed by atoms with Gasteiger partial charge in [0.1, 0.15) is 24.0 Å². The minimum atomic E-state index is -4.84. The minimum Gasteiger partial charge on any atom is -0.493 e. The fourth-order valence-corrected chi connectivity index (χ4v) is 4.99. The second-order valence-electron chi connectivity index (χ2n) is 9.53. The number of aromatic nitrogens is 1. The predicted octanol–water partition coefficient (Wildman–Crippen LogP) is 6.77. The molecule has 208 valence electrons. The van der Waals surface area contributed by atoms with Gasteiger partial charge in [-0.15, -0.1) is 0 Å². The molecule has 11 heteroatoms. The van der Waals surface area contributed by atoms with Crippen molar-refractivity contribution in [3.05, 3.63) is 88.2 Å². The summed E-state index contributed by atoms with van der Waals surface area (Å²) in [5, 5.41) is 9.79. The van der Waals surface area contributed by atoms with Crippen LogP contribution in [0.4, 0.5) is 22.0 Å². The standard InChI is InChI=1S/C28H26F5NO5/c1-14-21(17-10-11-18(29)23(30)24(17)37-4)25(39-27(14,3)28(31,32)33)19-12-20(22(26(35)36)15(2)34-19)38-13-16-8-6-5-7-9-16/h5-12,14,21,25H,13H2,1-4H3,(H,35,36)/t14-,21-,25-,27+/m0/s1. The lowest BCUT2D eigenvalue weighted by Gasteiger charge is -2.32. The zero-order valence-electron chi connectivity index (χ0n) is 21.5. The van der Waals surface area contributed by atoms with Crippen LogP contribution >= 0.6 is 0 Å². The number of ether oxygens (including phenoxy) is 3. The average molecular weight is 552 g/mol. The highest BCUT2D eigenvalue weighted by molar-refractivity contribution is 5.92. The van der Waals surface area contributed by atoms with Gasteiger partial charge < -0.3 is 19.3 Å². The van der Waals surface area contributed by atoms with E-state index in [1.807, 2.05) is 0 Å². The Labute approximate surface area is 221 Å². The van der Waals surface area contributed by atoms with Gasteiger partial charge in [-0.25, -0.2) is 9.18 Å². The number of hydrogen-bond acceptors (Lipinski definition) is 5. The zero-order valence-corrected chi connectivity index (χ0v) is 21.5. The number of halogens is 5. The van der Waals surface area contributed by atoms with Crippen molar-refractivity contribution in [2.45, 2.75) is 51.2 Å². The van der Waals surface area contributed by atoms with Crippen molar-refractivity contribution in [3.63, 3.8) is 0 Å². The highest BCUT2D eigenvalue weighted by atomic mass is 19.4. The Bertz CT molecular complexity index is 1380. The van der Waals surface area contributed by atoms with Crippen LogP contribution in [0.15, 0.2) is 48.5 Å². The number of benzene rings is 2. The Balaban J connectivity index is 1.88. The van der Waals surface area contributed by atoms with Gasteiger partial charge in [0.15, 0.2) is 17.2 Å². The summed E-state index contributed by atoms with van der Waals surface area (Å²) < 4.78 is 88.2. The summed E-state index contributed by atoms with van der Waals surface area (Å²) in [6, 6.07) is 12.0. The fraction of sp³-hybridized carbons (Fsp3) is 0.357. The smallest absolute Gasteiger partial charge is 0.417 e. The average Bonchev–Trinajstić information content (AvgIpc) is 3.16. The molecule has 1 aromatic heterocycles. The van der Waals surface area contributed by atoms with E-state index in [-0.39, 0.29) is 34.9 Å². The molecule has 0 aliphatic carbocycles. The molecule has 0 spiro atoms. The number of alkyl halides is 3. The van der Waals surface area contributed by atoms with Crippen LogP contribution in [0.25, 0.3) is 0 Å². The second-order valence-corrected chi connectivity index (χ2v) is 9.53. The summed E-state index contributed by atoms with van der Waals surface area (Å²) in [4.78, 5) is 16.3. The number of hydrogen-bond donors (Lipinski definition) is 1. The van der Waals surface area contributed by atoms with Gasteiger partial charge in [-0.1, -0.05) is 43.3 Å². The molecule has 4 atom stereocenters. The lowest BCUT2D eigenvalue weighted by molar-refractivity contribution is -0.275. The van der Waals surface area contributed by atoms with Crippen LogP contribution in [0, 0.1) is 24.5 Å². The highest BCUT2D eigenvalue weighted by Crippen LogP contribution is 2.59. The summed E-state index contributed by atoms with van der Waals surface area (Å²) in [6.07, 6.45) is -6.28. The lowest BCUT2D eigenvalue weighted by atomic mass is 9.76. The van der Waals surface area contributed by atoms with Crippen molar-refractivity contribution in [2.75, 3.05) is 7.11 Å². The van der Waals surface area contributed by atoms with Crippen molar-refractivity contribution in [1.29, 1.82) is 0 Å². The van der Waals surface area contributed by atoms with Crippen molar-refractivity contribution in [1.82, 2.24) is 4.98 Å². The third-order valence-corrected chi connectivity index (χ3v) is 7.24. The van der Waals surface area contributed by atoms with Crippen LogP contribution in [-0.4, -0.2) is 34.9 Å². The van der Waals surface area contributed by atoms with Crippen molar-refractivity contribution >= 4 is 5.97 Å². The van der Waals surface area contributed by atoms with E-state index >= 15 is 0 Å². The van der Waals surface area contributed by atoms with Crippen molar-refractivity contribution < 1.29 is 46.1 Å². The van der Waals surface area contributed by atoms with E-state index in [1.54, 1.807) is 30.3 Å². The number of methoxy groups -OCH3 is 1. The molecule has 1 fully saturated rings. The summed E-state index contributed by atoms with van der Waals surface area (Å²) in [5.41, 5.74) is -2.36. The number of carbonyl (C=O) groups is 1. The van der Waals surface area contributed by atoms with Crippen LogP contribution in [0.3, 0.4) is 0 Å². The number of carboxylic acid groups (broad SMARTS) is 1. The Hall–Kier alpha value is -3.73. The van der Waals surface area contributed by atoms with Gasteiger partial charge in [-0.05, 0) is 25.5 Å². The molecule has 0 amide bonds. The summed E-state index contributed by atoms with van der Waals surface area (Å²) in [5.74, 6) is -7.10. The molecule has 0 bridgehead atoms. The van der Waals surface area contributed by atoms with Gasteiger partial charge in [-0.3, -0.25) is 4.98 Å². The maximum atomic E-state index is 14.7. The third kappa shape index (κ3) is 5.03. The quantitative estimate of drug-likeness (QED) is 0.327. The largest absolute Gasteiger partial charge is 0.493 e. The number of pyridine rings is 1. The second kappa shape index (κ2) is 10.4. The SMILES string of the molecule is COc1c([C@H]2[C@H](c3cc(OCc4ccccc4)c(C(=O)O)c(C)n3)O[C@@](C)(C(F)(F)F)[C@H]2C)ccc(F)c1F. The molecule has 1 aliphatic rings. The Morgan fingerprint density at radius 3 is 2.41 bits per heavy atom. The van der Waals surface area contributed by atoms with E-state index in [1.165, 1.54) is 19.9 Å². The molecule has 6 nitrogen and oxygen atoms in total. The molecule has 1 aliphatic heterocycles. The van der Waals surface area contributed by atoms with E-state index in [2.05, 4.69) is 4.98 Å². The molecule has 0 radical (unpaired) electrons. The molecule has 2 heterocycles. The van der Waals surface area contributed by atoms with Crippen molar-refractivity contribution in [3.8, 4) is 11.5 Å². The van der Waals surface area contributed by atoms with Crippen LogP contribution in [0.2, 0.25) is 0 Å². The molecular weight excluding hydrogens is 525 g/mol. The van der Waals surface area contributed by atoms with E-state index in [0.717, 1.165) is 31.7 Å². The first kappa shape index (κ1) is 28.3. The molecule has 1 N–H and O–H groups in total. The minimum absolute atomic E-state index is 0.0177. The van der Waals surface area contributed by atoms with Crippen molar-refractivity contribution in [2.24, 2.45) is 5.92 Å². The van der Waals surface area contributed by atoms with Crippen LogP contribution in [0.5, 0.6) is 11.5 Å². The van der Waals surface area contributed by atoms with E-state index in [0.29, 0.717) is 0 Å². The van der Waals surface area contributed by atoms with Crippen LogP contribution in [-0.2, 0) is 11.3 Å². The molecule has 1 saturated heterocycles. The van der Waals surface area contributed by atoms with Gasteiger partial charge in [0.05, 0.1) is 18.5 Å². The number of aryl methyl sites for hydroxylation is 1. The summed E-state index contributed by atoms with van der Waals surface area (Å²) in [6.45, 7) is 3.54. The molecule has 0 unspecified atom stereocenters. The molecule has 4 rings (SSSR count). The zero-order chi connectivity index (χ0) is 28.7. The topological polar surface area (TPSA) is 77.9 Å². The third-order valence-electron chi connectivity index (χ3n) is 7.24. The first-order valence-electron chi connectivity index (χ1n) is 12.0. The number of rotatable bonds is 7. The van der Waals surface area contributed by atoms with Crippen LogP contribution < -0.4 is 9.47 Å². The normalized spacial score (nSPS) is 23.1. The molecule has 0 saturated carbocycles. The molecule has 39 heavy (non-hydrogen) atoms. The molecule has 2 aromatic carbocycles. The number of nitrogens with zero attached hydrogens (tertiary/aromatic N) is 1. The van der Waals surface area contributed by atoms with E-state index in [9.17, 15) is 31.9 Å². The summed E-state index contributed by atoms with van der Waals surface area (Å²) >= 11 is 0. The molecule has 3 aromatic rings. The van der Waals surface area contributed by atoms with Crippen LogP contribution in [0.1, 0.15) is 58.7 Å². The highest BCUT2D eigenvalue weighted by Gasteiger charge is 2.65. The Morgan fingerprint density at radius 2 is 1.82 bits per heavy atom. The van der Waals surface area contributed by atoms with Gasteiger partial charge in [0.2, 0.25) is 5.82 Å². The van der Waals surface area contributed by atoms with E-state index in [4.69, 9.17) is 14.2 Å². The van der Waals surface area contributed by atoms with Gasteiger partial charge in [0.25, 0.3) is 0 Å². The van der Waals surface area contributed by atoms with E-state index < -0.39 is 53.1 Å². The number of aromatic carboxylic acids is 1. The van der Waals surface area contributed by atoms with Gasteiger partial charge >= 0.3 is 12.1 Å². The Kier molecular flexibility index (Phi) is 7.57. The fourth-order valence-electron chi connectivity index (χ4n) is 4.99. The number of carboxylic acids is 1.